The van der Waals surface area contributed by atoms with Crippen LogP contribution in [0.2, 0.25) is 0 Å². The lowest BCUT2D eigenvalue weighted by Gasteiger charge is -2.33. The third-order valence-corrected chi connectivity index (χ3v) is 5.89. The molecule has 1 N–H and O–H groups in total. The Balaban J connectivity index is 1.44. The number of thiophene rings is 1. The molecule has 26 heavy (non-hydrogen) atoms. The number of aromatic nitrogens is 1. The summed E-state index contributed by atoms with van der Waals surface area (Å²) in [5.74, 6) is 0.638. The van der Waals surface area contributed by atoms with Gasteiger partial charge >= 0.3 is 0 Å². The van der Waals surface area contributed by atoms with Crippen LogP contribution in [0.4, 0.5) is 0 Å². The van der Waals surface area contributed by atoms with Crippen molar-refractivity contribution in [3.63, 3.8) is 0 Å². The normalized spacial score (nSPS) is 16.6. The Morgan fingerprint density at radius 2 is 1.96 bits per heavy atom. The van der Waals surface area contributed by atoms with E-state index in [0.29, 0.717) is 24.4 Å². The zero-order chi connectivity index (χ0) is 17.9. The molecule has 1 saturated heterocycles. The van der Waals surface area contributed by atoms with Gasteiger partial charge in [-0.2, -0.15) is 0 Å². The topological polar surface area (TPSA) is 66.6 Å². The summed E-state index contributed by atoms with van der Waals surface area (Å²) in [4.78, 5) is 15.8. The number of nitrogens with zero attached hydrogens (tertiary/aromatic N) is 2. The minimum absolute atomic E-state index is 0.0610. The molecule has 3 aromatic rings. The van der Waals surface area contributed by atoms with Gasteiger partial charge in [0, 0.05) is 23.5 Å². The van der Waals surface area contributed by atoms with Gasteiger partial charge in [-0.1, -0.05) is 41.6 Å². The molecular formula is C20H20N2O3S. The maximum Gasteiger partial charge on any atom is 0.259 e. The standard InChI is InChI=1S/C20H20N2O3S/c23-18(17-7-4-12-26-17)14-8-10-22(11-9-14)20(24)16-13-21-25-19(16)15-5-2-1-3-6-15/h1-7,12-14,18,23H,8-11H2. The summed E-state index contributed by atoms with van der Waals surface area (Å²) in [5, 5.41) is 16.3. The van der Waals surface area contributed by atoms with Crippen LogP contribution >= 0.6 is 11.3 Å². The number of rotatable bonds is 4. The number of amides is 1. The molecule has 0 aliphatic carbocycles. The Morgan fingerprint density at radius 3 is 2.65 bits per heavy atom. The van der Waals surface area contributed by atoms with Gasteiger partial charge in [0.1, 0.15) is 5.56 Å². The summed E-state index contributed by atoms with van der Waals surface area (Å²) in [6.45, 7) is 1.26. The zero-order valence-electron chi connectivity index (χ0n) is 14.2. The summed E-state index contributed by atoms with van der Waals surface area (Å²) in [6.07, 6.45) is 2.63. The molecule has 1 aromatic carbocycles. The molecule has 1 unspecified atom stereocenters. The summed E-state index contributed by atoms with van der Waals surface area (Å²) < 4.78 is 5.33. The number of carbonyl (C=O) groups excluding carboxylic acids is 1. The first kappa shape index (κ1) is 17.0. The molecule has 1 aliphatic rings. The molecule has 1 fully saturated rings. The molecule has 4 rings (SSSR count). The second kappa shape index (κ2) is 7.43. The lowest BCUT2D eigenvalue weighted by molar-refractivity contribution is 0.0474. The van der Waals surface area contributed by atoms with Gasteiger partial charge in [0.25, 0.3) is 5.91 Å². The van der Waals surface area contributed by atoms with E-state index >= 15 is 0 Å². The number of likely N-dealkylation sites (tertiary alicyclic amines) is 1. The summed E-state index contributed by atoms with van der Waals surface area (Å²) in [6, 6.07) is 13.5. The highest BCUT2D eigenvalue weighted by Gasteiger charge is 2.31. The third kappa shape index (κ3) is 3.30. The van der Waals surface area contributed by atoms with Crippen molar-refractivity contribution >= 4 is 17.2 Å². The van der Waals surface area contributed by atoms with Gasteiger partial charge in [-0.15, -0.1) is 11.3 Å². The molecule has 2 aromatic heterocycles. The molecule has 0 bridgehead atoms. The number of hydrogen-bond acceptors (Lipinski definition) is 5. The molecular weight excluding hydrogens is 348 g/mol. The molecule has 1 amide bonds. The average molecular weight is 368 g/mol. The minimum Gasteiger partial charge on any atom is -0.387 e. The summed E-state index contributed by atoms with van der Waals surface area (Å²) >= 11 is 1.58. The van der Waals surface area contributed by atoms with Gasteiger partial charge in [0.15, 0.2) is 5.76 Å². The largest absolute Gasteiger partial charge is 0.387 e. The lowest BCUT2D eigenvalue weighted by atomic mass is 9.90. The van der Waals surface area contributed by atoms with Gasteiger partial charge < -0.3 is 14.5 Å². The predicted octanol–water partition coefficient (Wildman–Crippen LogP) is 3.99. The average Bonchev–Trinajstić information content (AvgIpc) is 3.39. The molecule has 5 nitrogen and oxygen atoms in total. The monoisotopic (exact) mass is 368 g/mol. The number of aliphatic hydroxyl groups is 1. The Labute approximate surface area is 155 Å². The van der Waals surface area contributed by atoms with Crippen molar-refractivity contribution in [2.24, 2.45) is 5.92 Å². The molecule has 1 aliphatic heterocycles. The van der Waals surface area contributed by atoms with Gasteiger partial charge in [-0.05, 0) is 30.2 Å². The van der Waals surface area contributed by atoms with Crippen LogP contribution in [-0.2, 0) is 0 Å². The van der Waals surface area contributed by atoms with E-state index in [1.165, 1.54) is 6.20 Å². The molecule has 1 atom stereocenters. The minimum atomic E-state index is -0.442. The van der Waals surface area contributed by atoms with Gasteiger partial charge in [-0.25, -0.2) is 0 Å². The van der Waals surface area contributed by atoms with E-state index in [1.54, 1.807) is 11.3 Å². The smallest absolute Gasteiger partial charge is 0.259 e. The maximum absolute atomic E-state index is 12.9. The number of benzene rings is 1. The van der Waals surface area contributed by atoms with Crippen LogP contribution in [-0.4, -0.2) is 34.2 Å². The highest BCUT2D eigenvalue weighted by Crippen LogP contribution is 2.34. The Hall–Kier alpha value is -2.44. The van der Waals surface area contributed by atoms with E-state index in [4.69, 9.17) is 4.52 Å². The highest BCUT2D eigenvalue weighted by molar-refractivity contribution is 7.10. The lowest BCUT2D eigenvalue weighted by Crippen LogP contribution is -2.39. The number of aliphatic hydroxyl groups excluding tert-OH is 1. The van der Waals surface area contributed by atoms with Crippen LogP contribution in [0.1, 0.15) is 34.2 Å². The first-order valence-electron chi connectivity index (χ1n) is 8.75. The van der Waals surface area contributed by atoms with Crippen LogP contribution < -0.4 is 0 Å². The quantitative estimate of drug-likeness (QED) is 0.756. The highest BCUT2D eigenvalue weighted by atomic mass is 32.1. The van der Waals surface area contributed by atoms with E-state index in [9.17, 15) is 9.90 Å². The van der Waals surface area contributed by atoms with Crippen LogP contribution in [0.3, 0.4) is 0 Å². The van der Waals surface area contributed by atoms with E-state index in [-0.39, 0.29) is 11.8 Å². The van der Waals surface area contributed by atoms with E-state index < -0.39 is 6.10 Å². The Morgan fingerprint density at radius 1 is 1.19 bits per heavy atom. The fraction of sp³-hybridized carbons (Fsp3) is 0.300. The summed E-state index contributed by atoms with van der Waals surface area (Å²) in [7, 11) is 0. The fourth-order valence-corrected chi connectivity index (χ4v) is 4.27. The molecule has 0 saturated carbocycles. The van der Waals surface area contributed by atoms with Crippen molar-refractivity contribution in [1.29, 1.82) is 0 Å². The molecule has 134 valence electrons. The molecule has 0 spiro atoms. The van der Waals surface area contributed by atoms with Crippen molar-refractivity contribution in [2.75, 3.05) is 13.1 Å². The SMILES string of the molecule is O=C(c1cnoc1-c1ccccc1)N1CCC(C(O)c2cccs2)CC1. The van der Waals surface area contributed by atoms with E-state index in [1.807, 2.05) is 52.7 Å². The van der Waals surface area contributed by atoms with E-state index in [0.717, 1.165) is 23.3 Å². The van der Waals surface area contributed by atoms with Crippen molar-refractivity contribution in [3.05, 3.63) is 64.5 Å². The van der Waals surface area contributed by atoms with E-state index in [2.05, 4.69) is 5.16 Å². The van der Waals surface area contributed by atoms with Crippen LogP contribution in [0, 0.1) is 5.92 Å². The second-order valence-electron chi connectivity index (χ2n) is 6.52. The predicted molar refractivity (Wildman–Crippen MR) is 99.8 cm³/mol. The molecule has 3 heterocycles. The third-order valence-electron chi connectivity index (χ3n) is 4.94. The number of carbonyl (C=O) groups is 1. The van der Waals surface area contributed by atoms with Crippen molar-refractivity contribution in [3.8, 4) is 11.3 Å². The molecule has 6 heteroatoms. The Bertz CT molecular complexity index is 852. The maximum atomic E-state index is 12.9. The Kier molecular flexibility index (Phi) is 4.86. The number of piperidine rings is 1. The van der Waals surface area contributed by atoms with Gasteiger partial charge in [0.2, 0.25) is 0 Å². The fourth-order valence-electron chi connectivity index (χ4n) is 3.47. The summed E-state index contributed by atoms with van der Waals surface area (Å²) in [5.41, 5.74) is 1.34. The van der Waals surface area contributed by atoms with Crippen LogP contribution in [0.5, 0.6) is 0 Å². The van der Waals surface area contributed by atoms with Crippen molar-refractivity contribution < 1.29 is 14.4 Å². The first-order valence-corrected chi connectivity index (χ1v) is 9.63. The first-order chi connectivity index (χ1) is 12.7. The van der Waals surface area contributed by atoms with Crippen LogP contribution in [0.15, 0.2) is 58.6 Å². The number of hydrogen-bond donors (Lipinski definition) is 1. The van der Waals surface area contributed by atoms with Crippen molar-refractivity contribution in [1.82, 2.24) is 10.1 Å². The van der Waals surface area contributed by atoms with Crippen molar-refractivity contribution in [2.45, 2.75) is 18.9 Å². The van der Waals surface area contributed by atoms with Gasteiger partial charge in [0.05, 0.1) is 12.3 Å². The van der Waals surface area contributed by atoms with Crippen LogP contribution in [0.25, 0.3) is 11.3 Å². The second-order valence-corrected chi connectivity index (χ2v) is 7.50. The zero-order valence-corrected chi connectivity index (χ0v) is 15.1. The van der Waals surface area contributed by atoms with Gasteiger partial charge in [-0.3, -0.25) is 4.79 Å². The molecule has 0 radical (unpaired) electrons.